The number of fused-ring (bicyclic) bond motifs is 1. The lowest BCUT2D eigenvalue weighted by Gasteiger charge is -2.37. The first-order valence-electron chi connectivity index (χ1n) is 12.6. The van der Waals surface area contributed by atoms with Gasteiger partial charge < -0.3 is 19.4 Å². The van der Waals surface area contributed by atoms with Crippen molar-refractivity contribution in [3.05, 3.63) is 46.9 Å². The van der Waals surface area contributed by atoms with Crippen LogP contribution >= 0.6 is 0 Å². The maximum Gasteiger partial charge on any atom is 0.227 e. The molecule has 7 nitrogen and oxygen atoms in total. The zero-order valence-electron chi connectivity index (χ0n) is 20.0. The summed E-state index contributed by atoms with van der Waals surface area (Å²) in [5.41, 5.74) is 2.94. The number of halogens is 1. The van der Waals surface area contributed by atoms with Crippen LogP contribution in [0.15, 0.2) is 24.3 Å². The number of aromatic nitrogens is 2. The van der Waals surface area contributed by atoms with Gasteiger partial charge in [-0.2, -0.15) is 4.98 Å². The van der Waals surface area contributed by atoms with E-state index in [0.717, 1.165) is 48.1 Å². The predicted molar refractivity (Wildman–Crippen MR) is 130 cm³/mol. The fourth-order valence-electron chi connectivity index (χ4n) is 5.31. The highest BCUT2D eigenvalue weighted by Crippen LogP contribution is 2.32. The second-order valence-electron chi connectivity index (χ2n) is 9.64. The predicted octanol–water partition coefficient (Wildman–Crippen LogP) is 3.35. The highest BCUT2D eigenvalue weighted by atomic mass is 19.1. The van der Waals surface area contributed by atoms with Crippen molar-refractivity contribution in [1.29, 1.82) is 0 Å². The Hall–Kier alpha value is -2.74. The van der Waals surface area contributed by atoms with Crippen LogP contribution in [-0.2, 0) is 28.9 Å². The summed E-state index contributed by atoms with van der Waals surface area (Å²) in [4.78, 5) is 29.6. The number of amides is 1. The zero-order valence-corrected chi connectivity index (χ0v) is 20.0. The van der Waals surface area contributed by atoms with Gasteiger partial charge in [0, 0.05) is 44.7 Å². The Morgan fingerprint density at radius 3 is 2.56 bits per heavy atom. The standard InChI is InChI=1S/C26H34FN5O2/c1-30(21-5-3-2-4-6-21)26-28-23-11-12-32(24(33)17-19-7-9-20(27)10-8-19)18-22(23)25(29-26)31-13-15-34-16-14-31/h7-10,21H,2-6,11-18H2,1H3. The molecule has 1 aliphatic carbocycles. The third-order valence-electron chi connectivity index (χ3n) is 7.40. The van der Waals surface area contributed by atoms with Gasteiger partial charge in [0.2, 0.25) is 11.9 Å². The number of benzene rings is 1. The van der Waals surface area contributed by atoms with Gasteiger partial charge >= 0.3 is 0 Å². The molecule has 0 radical (unpaired) electrons. The van der Waals surface area contributed by atoms with Crippen molar-refractivity contribution in [3.63, 3.8) is 0 Å². The first-order chi connectivity index (χ1) is 16.6. The third-order valence-corrected chi connectivity index (χ3v) is 7.40. The third kappa shape index (κ3) is 5.02. The minimum atomic E-state index is -0.288. The van der Waals surface area contributed by atoms with Crippen molar-refractivity contribution in [2.75, 3.05) is 49.7 Å². The van der Waals surface area contributed by atoms with Crippen LogP contribution < -0.4 is 9.80 Å². The minimum absolute atomic E-state index is 0.0496. The maximum absolute atomic E-state index is 13.2. The lowest BCUT2D eigenvalue weighted by Crippen LogP contribution is -2.42. The number of morpholine rings is 1. The van der Waals surface area contributed by atoms with Crippen LogP contribution in [0.1, 0.15) is 48.9 Å². The molecule has 0 unspecified atom stereocenters. The van der Waals surface area contributed by atoms with Crippen molar-refractivity contribution in [2.45, 2.75) is 57.5 Å². The van der Waals surface area contributed by atoms with Gasteiger partial charge in [-0.05, 0) is 30.5 Å². The zero-order chi connectivity index (χ0) is 23.5. The van der Waals surface area contributed by atoms with Crippen molar-refractivity contribution in [1.82, 2.24) is 14.9 Å². The molecular formula is C26H34FN5O2. The fraction of sp³-hybridized carbons (Fsp3) is 0.577. The summed E-state index contributed by atoms with van der Waals surface area (Å²) < 4.78 is 18.8. The molecule has 5 rings (SSSR count). The average molecular weight is 468 g/mol. The largest absolute Gasteiger partial charge is 0.378 e. The minimum Gasteiger partial charge on any atom is -0.378 e. The van der Waals surface area contributed by atoms with Crippen LogP contribution in [0.25, 0.3) is 0 Å². The molecule has 0 atom stereocenters. The van der Waals surface area contributed by atoms with E-state index < -0.39 is 0 Å². The van der Waals surface area contributed by atoms with Gasteiger partial charge in [0.15, 0.2) is 0 Å². The second-order valence-corrected chi connectivity index (χ2v) is 9.64. The Bertz CT molecular complexity index is 1000. The Morgan fingerprint density at radius 1 is 1.09 bits per heavy atom. The van der Waals surface area contributed by atoms with Crippen molar-refractivity contribution in [2.24, 2.45) is 0 Å². The summed E-state index contributed by atoms with van der Waals surface area (Å²) in [6.45, 7) is 4.09. The highest BCUT2D eigenvalue weighted by molar-refractivity contribution is 5.79. The smallest absolute Gasteiger partial charge is 0.227 e. The molecule has 182 valence electrons. The van der Waals surface area contributed by atoms with Crippen LogP contribution in [0.2, 0.25) is 0 Å². The van der Waals surface area contributed by atoms with Crippen LogP contribution in [0.4, 0.5) is 16.2 Å². The number of rotatable bonds is 5. The maximum atomic E-state index is 13.2. The molecule has 2 aliphatic heterocycles. The summed E-state index contributed by atoms with van der Waals surface area (Å²) in [6.07, 6.45) is 7.21. The van der Waals surface area contributed by atoms with Gasteiger partial charge in [-0.25, -0.2) is 9.37 Å². The fourth-order valence-corrected chi connectivity index (χ4v) is 5.31. The SMILES string of the molecule is CN(c1nc2c(c(N3CCOCC3)n1)CN(C(=O)Cc1ccc(F)cc1)CC2)C1CCCCC1. The summed E-state index contributed by atoms with van der Waals surface area (Å²) in [6, 6.07) is 6.66. The average Bonchev–Trinajstić information content (AvgIpc) is 2.89. The molecule has 0 spiro atoms. The first-order valence-corrected chi connectivity index (χ1v) is 12.6. The molecule has 1 amide bonds. The number of carbonyl (C=O) groups is 1. The molecule has 8 heteroatoms. The Morgan fingerprint density at radius 2 is 1.82 bits per heavy atom. The number of carbonyl (C=O) groups excluding carboxylic acids is 1. The van der Waals surface area contributed by atoms with Gasteiger partial charge in [0.05, 0.1) is 31.9 Å². The van der Waals surface area contributed by atoms with Crippen LogP contribution in [0, 0.1) is 5.82 Å². The van der Waals surface area contributed by atoms with E-state index in [0.29, 0.717) is 32.3 Å². The second kappa shape index (κ2) is 10.3. The summed E-state index contributed by atoms with van der Waals surface area (Å²) in [5, 5.41) is 0. The quantitative estimate of drug-likeness (QED) is 0.672. The molecule has 3 aliphatic rings. The van der Waals surface area contributed by atoms with E-state index in [2.05, 4.69) is 16.8 Å². The van der Waals surface area contributed by atoms with E-state index in [1.807, 2.05) is 4.90 Å². The lowest BCUT2D eigenvalue weighted by atomic mass is 9.95. The van der Waals surface area contributed by atoms with Gasteiger partial charge in [-0.1, -0.05) is 31.4 Å². The number of anilines is 2. The van der Waals surface area contributed by atoms with Gasteiger partial charge in [0.1, 0.15) is 11.6 Å². The van der Waals surface area contributed by atoms with Crippen molar-refractivity contribution >= 4 is 17.7 Å². The molecule has 0 bridgehead atoms. The number of hydrogen-bond donors (Lipinski definition) is 0. The molecule has 1 saturated carbocycles. The first kappa shape index (κ1) is 23.0. The van der Waals surface area contributed by atoms with E-state index >= 15 is 0 Å². The summed E-state index contributed by atoms with van der Waals surface area (Å²) >= 11 is 0. The number of hydrogen-bond acceptors (Lipinski definition) is 6. The molecule has 34 heavy (non-hydrogen) atoms. The van der Waals surface area contributed by atoms with Gasteiger partial charge in [0.25, 0.3) is 0 Å². The van der Waals surface area contributed by atoms with E-state index in [1.165, 1.54) is 44.2 Å². The van der Waals surface area contributed by atoms with E-state index in [9.17, 15) is 9.18 Å². The van der Waals surface area contributed by atoms with Crippen LogP contribution in [0.5, 0.6) is 0 Å². The van der Waals surface area contributed by atoms with Gasteiger partial charge in [-0.3, -0.25) is 4.79 Å². The van der Waals surface area contributed by atoms with E-state index in [-0.39, 0.29) is 18.1 Å². The van der Waals surface area contributed by atoms with Crippen LogP contribution in [0.3, 0.4) is 0 Å². The molecule has 3 heterocycles. The Kier molecular flexibility index (Phi) is 6.94. The normalized spacial score (nSPS) is 19.1. The highest BCUT2D eigenvalue weighted by Gasteiger charge is 2.30. The Labute approximate surface area is 200 Å². The summed E-state index contributed by atoms with van der Waals surface area (Å²) in [7, 11) is 2.13. The number of nitrogens with zero attached hydrogens (tertiary/aromatic N) is 5. The molecular weight excluding hydrogens is 433 g/mol. The van der Waals surface area contributed by atoms with Crippen molar-refractivity contribution < 1.29 is 13.9 Å². The number of ether oxygens (including phenoxy) is 1. The molecule has 1 aromatic heterocycles. The van der Waals surface area contributed by atoms with Crippen LogP contribution in [-0.4, -0.2) is 66.7 Å². The molecule has 1 aromatic carbocycles. The molecule has 0 N–H and O–H groups in total. The van der Waals surface area contributed by atoms with Crippen molar-refractivity contribution in [3.8, 4) is 0 Å². The van der Waals surface area contributed by atoms with E-state index in [1.54, 1.807) is 12.1 Å². The summed E-state index contributed by atoms with van der Waals surface area (Å²) in [5.74, 6) is 1.52. The molecule has 2 fully saturated rings. The monoisotopic (exact) mass is 467 g/mol. The molecule has 1 saturated heterocycles. The topological polar surface area (TPSA) is 61.8 Å². The molecule has 2 aromatic rings. The van der Waals surface area contributed by atoms with Gasteiger partial charge in [-0.15, -0.1) is 0 Å². The lowest BCUT2D eigenvalue weighted by molar-refractivity contribution is -0.131. The van der Waals surface area contributed by atoms with E-state index in [4.69, 9.17) is 14.7 Å². The Balaban J connectivity index is 1.40.